The van der Waals surface area contributed by atoms with E-state index in [-0.39, 0.29) is 17.6 Å². The number of benzene rings is 1. The van der Waals surface area contributed by atoms with Crippen LogP contribution in [0.2, 0.25) is 0 Å². The lowest BCUT2D eigenvalue weighted by molar-refractivity contribution is 0.0484. The van der Waals surface area contributed by atoms with Crippen molar-refractivity contribution in [3.63, 3.8) is 0 Å². The van der Waals surface area contributed by atoms with Crippen LogP contribution in [0.3, 0.4) is 0 Å². The molecule has 0 radical (unpaired) electrons. The molecule has 22 heavy (non-hydrogen) atoms. The van der Waals surface area contributed by atoms with Crippen molar-refractivity contribution in [1.29, 1.82) is 0 Å². The van der Waals surface area contributed by atoms with E-state index in [1.165, 1.54) is 12.1 Å². The van der Waals surface area contributed by atoms with E-state index in [2.05, 4.69) is 13.8 Å². The summed E-state index contributed by atoms with van der Waals surface area (Å²) < 4.78 is 5.80. The number of carboxylic acids is 1. The van der Waals surface area contributed by atoms with E-state index in [1.807, 2.05) is 0 Å². The van der Waals surface area contributed by atoms with E-state index in [4.69, 9.17) is 9.84 Å². The van der Waals surface area contributed by atoms with Crippen LogP contribution < -0.4 is 0 Å². The summed E-state index contributed by atoms with van der Waals surface area (Å²) in [7, 11) is 0. The molecule has 1 aliphatic rings. The number of likely N-dealkylation sites (tertiary alicyclic amines) is 1. The van der Waals surface area contributed by atoms with Crippen molar-refractivity contribution in [2.45, 2.75) is 32.8 Å². The molecule has 0 bridgehead atoms. The number of nitrogens with zero attached hydrogens (tertiary/aromatic N) is 1. The molecule has 1 aromatic carbocycles. The Bertz CT molecular complexity index is 541. The molecule has 1 amide bonds. The first-order valence-electron chi connectivity index (χ1n) is 7.71. The lowest BCUT2D eigenvalue weighted by Gasteiger charge is -2.17. The average molecular weight is 305 g/mol. The molecule has 1 saturated heterocycles. The topological polar surface area (TPSA) is 66.8 Å². The van der Waals surface area contributed by atoms with Crippen molar-refractivity contribution in [2.75, 3.05) is 19.7 Å². The summed E-state index contributed by atoms with van der Waals surface area (Å²) >= 11 is 0. The number of carbonyl (C=O) groups excluding carboxylic acids is 1. The molecule has 1 heterocycles. The second-order valence-corrected chi connectivity index (χ2v) is 6.10. The lowest BCUT2D eigenvalue weighted by Crippen LogP contribution is -2.30. The van der Waals surface area contributed by atoms with Crippen LogP contribution in [0.4, 0.5) is 0 Å². The maximum Gasteiger partial charge on any atom is 0.335 e. The Morgan fingerprint density at radius 3 is 2.77 bits per heavy atom. The van der Waals surface area contributed by atoms with Gasteiger partial charge in [-0.15, -0.1) is 0 Å². The highest BCUT2D eigenvalue weighted by Gasteiger charge is 2.27. The summed E-state index contributed by atoms with van der Waals surface area (Å²) in [5, 5.41) is 9.00. The Balaban J connectivity index is 1.91. The van der Waals surface area contributed by atoms with E-state index in [0.717, 1.165) is 19.4 Å². The molecule has 120 valence electrons. The summed E-state index contributed by atoms with van der Waals surface area (Å²) in [5.74, 6) is -0.540. The first-order valence-corrected chi connectivity index (χ1v) is 7.71. The van der Waals surface area contributed by atoms with Crippen LogP contribution in [-0.2, 0) is 4.74 Å². The van der Waals surface area contributed by atoms with Gasteiger partial charge in [-0.25, -0.2) is 4.79 Å². The Hall–Kier alpha value is -1.88. The number of hydrogen-bond acceptors (Lipinski definition) is 3. The third-order valence-corrected chi connectivity index (χ3v) is 3.84. The summed E-state index contributed by atoms with van der Waals surface area (Å²) in [4.78, 5) is 25.1. The van der Waals surface area contributed by atoms with E-state index in [0.29, 0.717) is 24.6 Å². The van der Waals surface area contributed by atoms with Gasteiger partial charge < -0.3 is 14.7 Å². The molecule has 1 fully saturated rings. The minimum Gasteiger partial charge on any atom is -0.478 e. The predicted octanol–water partition coefficient (Wildman–Crippen LogP) is 2.66. The minimum absolute atomic E-state index is 0.0883. The third kappa shape index (κ3) is 4.31. The molecule has 0 aromatic heterocycles. The average Bonchev–Trinajstić information content (AvgIpc) is 2.95. The Morgan fingerprint density at radius 2 is 2.09 bits per heavy atom. The van der Waals surface area contributed by atoms with Gasteiger partial charge in [0.25, 0.3) is 5.91 Å². The fraction of sp³-hybridized carbons (Fsp3) is 0.529. The second-order valence-electron chi connectivity index (χ2n) is 6.10. The highest BCUT2D eigenvalue weighted by molar-refractivity contribution is 5.97. The molecular formula is C17H23NO4. The zero-order chi connectivity index (χ0) is 16.1. The molecule has 0 saturated carbocycles. The molecule has 5 nitrogen and oxygen atoms in total. The minimum atomic E-state index is -1.02. The van der Waals surface area contributed by atoms with Crippen LogP contribution in [0.25, 0.3) is 0 Å². The van der Waals surface area contributed by atoms with E-state index in [9.17, 15) is 9.59 Å². The number of aromatic carboxylic acids is 1. The van der Waals surface area contributed by atoms with E-state index in [1.54, 1.807) is 17.0 Å². The number of amides is 1. The SMILES string of the molecule is CC(C)CCOC1CCN(C(=O)c2cccc(C(=O)O)c2)C1. The monoisotopic (exact) mass is 305 g/mol. The van der Waals surface area contributed by atoms with Crippen molar-refractivity contribution in [1.82, 2.24) is 4.90 Å². The van der Waals surface area contributed by atoms with Crippen molar-refractivity contribution in [3.8, 4) is 0 Å². The smallest absolute Gasteiger partial charge is 0.335 e. The third-order valence-electron chi connectivity index (χ3n) is 3.84. The van der Waals surface area contributed by atoms with Crippen LogP contribution in [0.5, 0.6) is 0 Å². The first kappa shape index (κ1) is 16.5. The fourth-order valence-corrected chi connectivity index (χ4v) is 2.49. The zero-order valence-electron chi connectivity index (χ0n) is 13.1. The van der Waals surface area contributed by atoms with E-state index < -0.39 is 5.97 Å². The summed E-state index contributed by atoms with van der Waals surface area (Å²) in [5.41, 5.74) is 0.553. The van der Waals surface area contributed by atoms with Gasteiger partial charge in [-0.05, 0) is 37.0 Å². The van der Waals surface area contributed by atoms with Gasteiger partial charge in [0.1, 0.15) is 0 Å². The molecule has 5 heteroatoms. The van der Waals surface area contributed by atoms with Gasteiger partial charge in [-0.3, -0.25) is 4.79 Å². The van der Waals surface area contributed by atoms with Crippen LogP contribution >= 0.6 is 0 Å². The van der Waals surface area contributed by atoms with Gasteiger partial charge >= 0.3 is 5.97 Å². The molecule has 0 aliphatic carbocycles. The number of ether oxygens (including phenoxy) is 1. The van der Waals surface area contributed by atoms with Gasteiger partial charge in [-0.1, -0.05) is 19.9 Å². The number of carboxylic acid groups (broad SMARTS) is 1. The van der Waals surface area contributed by atoms with Crippen LogP contribution in [0, 0.1) is 5.92 Å². The van der Waals surface area contributed by atoms with Crippen molar-refractivity contribution in [3.05, 3.63) is 35.4 Å². The molecular weight excluding hydrogens is 282 g/mol. The Kier molecular flexibility index (Phi) is 5.55. The standard InChI is InChI=1S/C17H23NO4/c1-12(2)7-9-22-15-6-8-18(11-15)16(19)13-4-3-5-14(10-13)17(20)21/h3-5,10,12,15H,6-9,11H2,1-2H3,(H,20,21). The highest BCUT2D eigenvalue weighted by atomic mass is 16.5. The van der Waals surface area contributed by atoms with Gasteiger partial charge in [0.2, 0.25) is 0 Å². The second kappa shape index (κ2) is 7.40. The first-order chi connectivity index (χ1) is 10.5. The fourth-order valence-electron chi connectivity index (χ4n) is 2.49. The molecule has 2 rings (SSSR count). The molecule has 0 spiro atoms. The van der Waals surface area contributed by atoms with Crippen molar-refractivity contribution >= 4 is 11.9 Å². The normalized spacial score (nSPS) is 18.0. The largest absolute Gasteiger partial charge is 0.478 e. The van der Waals surface area contributed by atoms with Gasteiger partial charge in [-0.2, -0.15) is 0 Å². The molecule has 1 aliphatic heterocycles. The summed E-state index contributed by atoms with van der Waals surface area (Å²) in [6.07, 6.45) is 1.94. The molecule has 1 aromatic rings. The van der Waals surface area contributed by atoms with Gasteiger partial charge in [0.15, 0.2) is 0 Å². The quantitative estimate of drug-likeness (QED) is 0.877. The van der Waals surface area contributed by atoms with Crippen LogP contribution in [0.1, 0.15) is 47.4 Å². The highest BCUT2D eigenvalue weighted by Crippen LogP contribution is 2.17. The number of rotatable bonds is 6. The van der Waals surface area contributed by atoms with Crippen LogP contribution in [-0.4, -0.2) is 47.7 Å². The number of carbonyl (C=O) groups is 2. The Labute approximate surface area is 130 Å². The molecule has 1 atom stereocenters. The summed E-state index contributed by atoms with van der Waals surface area (Å²) in [6, 6.07) is 6.17. The summed E-state index contributed by atoms with van der Waals surface area (Å²) in [6.45, 7) is 6.27. The Morgan fingerprint density at radius 1 is 1.36 bits per heavy atom. The number of hydrogen-bond donors (Lipinski definition) is 1. The maximum absolute atomic E-state index is 12.4. The van der Waals surface area contributed by atoms with Crippen LogP contribution in [0.15, 0.2) is 24.3 Å². The van der Waals surface area contributed by atoms with Gasteiger partial charge in [0, 0.05) is 25.3 Å². The molecule has 1 unspecified atom stereocenters. The predicted molar refractivity (Wildman–Crippen MR) is 83.1 cm³/mol. The maximum atomic E-state index is 12.4. The van der Waals surface area contributed by atoms with E-state index >= 15 is 0 Å². The van der Waals surface area contributed by atoms with Gasteiger partial charge in [0.05, 0.1) is 11.7 Å². The van der Waals surface area contributed by atoms with Crippen molar-refractivity contribution in [2.24, 2.45) is 5.92 Å². The van der Waals surface area contributed by atoms with Crippen molar-refractivity contribution < 1.29 is 19.4 Å². The lowest BCUT2D eigenvalue weighted by atomic mass is 10.1. The zero-order valence-corrected chi connectivity index (χ0v) is 13.1. The molecule has 1 N–H and O–H groups in total.